The Morgan fingerprint density at radius 2 is 1.43 bits per heavy atom. The SMILES string of the molecule is CCCCCCCOc1nc(NCC)nc(OCCC)n1. The van der Waals surface area contributed by atoms with Crippen LogP contribution in [-0.2, 0) is 0 Å². The zero-order valence-electron chi connectivity index (χ0n) is 13.5. The van der Waals surface area contributed by atoms with Gasteiger partial charge >= 0.3 is 12.0 Å². The number of rotatable bonds is 12. The molecule has 0 saturated carbocycles. The summed E-state index contributed by atoms with van der Waals surface area (Å²) in [4.78, 5) is 12.6. The number of nitrogens with zero attached hydrogens (tertiary/aromatic N) is 3. The summed E-state index contributed by atoms with van der Waals surface area (Å²) in [6.07, 6.45) is 6.90. The molecule has 0 unspecified atom stereocenters. The van der Waals surface area contributed by atoms with E-state index in [1.807, 2.05) is 13.8 Å². The Balaban J connectivity index is 2.48. The molecule has 1 rings (SSSR count). The first-order valence-corrected chi connectivity index (χ1v) is 8.05. The fourth-order valence-corrected chi connectivity index (χ4v) is 1.77. The zero-order valence-corrected chi connectivity index (χ0v) is 13.5. The fourth-order valence-electron chi connectivity index (χ4n) is 1.77. The lowest BCUT2D eigenvalue weighted by Crippen LogP contribution is -2.10. The summed E-state index contributed by atoms with van der Waals surface area (Å²) in [6, 6.07) is 0.659. The van der Waals surface area contributed by atoms with Crippen LogP contribution in [0, 0.1) is 0 Å². The van der Waals surface area contributed by atoms with Gasteiger partial charge in [-0.2, -0.15) is 9.97 Å². The fraction of sp³-hybridized carbons (Fsp3) is 0.800. The van der Waals surface area contributed by atoms with Crippen LogP contribution in [0.5, 0.6) is 12.0 Å². The normalized spacial score (nSPS) is 10.4. The summed E-state index contributed by atoms with van der Waals surface area (Å²) in [7, 11) is 0. The van der Waals surface area contributed by atoms with Gasteiger partial charge in [-0.1, -0.05) is 39.5 Å². The quantitative estimate of drug-likeness (QED) is 0.596. The van der Waals surface area contributed by atoms with Gasteiger partial charge in [-0.25, -0.2) is 0 Å². The molecule has 0 aliphatic heterocycles. The van der Waals surface area contributed by atoms with Gasteiger partial charge in [0.2, 0.25) is 5.95 Å². The van der Waals surface area contributed by atoms with Gasteiger partial charge in [-0.15, -0.1) is 4.98 Å². The molecule has 0 aliphatic carbocycles. The molecule has 0 atom stereocenters. The van der Waals surface area contributed by atoms with Crippen LogP contribution in [0.4, 0.5) is 5.95 Å². The van der Waals surface area contributed by atoms with E-state index in [4.69, 9.17) is 9.47 Å². The molecule has 0 fully saturated rings. The van der Waals surface area contributed by atoms with Crippen molar-refractivity contribution in [3.8, 4) is 12.0 Å². The smallest absolute Gasteiger partial charge is 0.324 e. The number of anilines is 1. The van der Waals surface area contributed by atoms with E-state index in [0.717, 1.165) is 19.4 Å². The van der Waals surface area contributed by atoms with Crippen molar-refractivity contribution in [1.82, 2.24) is 15.0 Å². The number of aromatic nitrogens is 3. The van der Waals surface area contributed by atoms with E-state index < -0.39 is 0 Å². The standard InChI is InChI=1S/C15H28N4O2/c1-4-7-8-9-10-12-21-15-18-13(16-6-3)17-14(19-15)20-11-5-2/h4-12H2,1-3H3,(H,16,17,18,19). The molecule has 120 valence electrons. The van der Waals surface area contributed by atoms with Crippen LogP contribution in [0.15, 0.2) is 0 Å². The van der Waals surface area contributed by atoms with Gasteiger partial charge in [0.25, 0.3) is 0 Å². The van der Waals surface area contributed by atoms with E-state index >= 15 is 0 Å². The van der Waals surface area contributed by atoms with Gasteiger partial charge in [0.15, 0.2) is 0 Å². The summed E-state index contributed by atoms with van der Waals surface area (Å²) >= 11 is 0. The van der Waals surface area contributed by atoms with Gasteiger partial charge < -0.3 is 14.8 Å². The summed E-state index contributed by atoms with van der Waals surface area (Å²) < 4.78 is 11.1. The second kappa shape index (κ2) is 11.1. The molecular weight excluding hydrogens is 268 g/mol. The Kier molecular flexibility index (Phi) is 9.24. The highest BCUT2D eigenvalue weighted by molar-refractivity contribution is 5.27. The van der Waals surface area contributed by atoms with Crippen molar-refractivity contribution < 1.29 is 9.47 Å². The molecule has 0 aliphatic rings. The number of nitrogens with one attached hydrogen (secondary N) is 1. The highest BCUT2D eigenvalue weighted by atomic mass is 16.5. The zero-order chi connectivity index (χ0) is 15.3. The van der Waals surface area contributed by atoms with Gasteiger partial charge in [0.05, 0.1) is 13.2 Å². The average molecular weight is 296 g/mol. The molecule has 0 saturated heterocycles. The van der Waals surface area contributed by atoms with E-state index in [1.54, 1.807) is 0 Å². The molecule has 21 heavy (non-hydrogen) atoms. The molecule has 1 aromatic rings. The molecule has 6 heteroatoms. The molecule has 1 N–H and O–H groups in total. The number of hydrogen-bond donors (Lipinski definition) is 1. The van der Waals surface area contributed by atoms with Crippen molar-refractivity contribution in [3.63, 3.8) is 0 Å². The van der Waals surface area contributed by atoms with Gasteiger partial charge in [-0.3, -0.25) is 0 Å². The van der Waals surface area contributed by atoms with Crippen molar-refractivity contribution in [2.45, 2.75) is 59.3 Å². The Hall–Kier alpha value is -1.59. The third-order valence-electron chi connectivity index (χ3n) is 2.84. The second-order valence-electron chi connectivity index (χ2n) is 4.87. The first kappa shape index (κ1) is 17.5. The lowest BCUT2D eigenvalue weighted by Gasteiger charge is -2.09. The van der Waals surface area contributed by atoms with Gasteiger partial charge in [0, 0.05) is 6.54 Å². The highest BCUT2D eigenvalue weighted by Crippen LogP contribution is 2.13. The largest absolute Gasteiger partial charge is 0.463 e. The number of ether oxygens (including phenoxy) is 2. The first-order valence-electron chi connectivity index (χ1n) is 8.05. The van der Waals surface area contributed by atoms with Crippen molar-refractivity contribution in [1.29, 1.82) is 0 Å². The monoisotopic (exact) mass is 296 g/mol. The maximum atomic E-state index is 5.61. The van der Waals surface area contributed by atoms with E-state index in [0.29, 0.717) is 31.2 Å². The first-order chi connectivity index (χ1) is 10.3. The van der Waals surface area contributed by atoms with Gasteiger partial charge in [0.1, 0.15) is 0 Å². The highest BCUT2D eigenvalue weighted by Gasteiger charge is 2.08. The molecule has 0 radical (unpaired) electrons. The minimum atomic E-state index is 0.323. The van der Waals surface area contributed by atoms with E-state index in [-0.39, 0.29) is 0 Å². The molecule has 0 aromatic carbocycles. The molecule has 6 nitrogen and oxygen atoms in total. The Labute approximate surface area is 127 Å². The Morgan fingerprint density at radius 1 is 0.762 bits per heavy atom. The molecule has 0 bridgehead atoms. The minimum absolute atomic E-state index is 0.323. The second-order valence-corrected chi connectivity index (χ2v) is 4.87. The van der Waals surface area contributed by atoms with Crippen LogP contribution in [-0.4, -0.2) is 34.7 Å². The van der Waals surface area contributed by atoms with Crippen LogP contribution in [0.2, 0.25) is 0 Å². The van der Waals surface area contributed by atoms with Crippen molar-refractivity contribution >= 4 is 5.95 Å². The molecule has 1 heterocycles. The molecule has 0 amide bonds. The summed E-state index contributed by atoms with van der Waals surface area (Å²) in [5.74, 6) is 0.500. The maximum Gasteiger partial charge on any atom is 0.324 e. The Bertz CT molecular complexity index is 388. The average Bonchev–Trinajstić information content (AvgIpc) is 2.49. The molecule has 1 aromatic heterocycles. The molecular formula is C15H28N4O2. The Morgan fingerprint density at radius 3 is 2.05 bits per heavy atom. The summed E-state index contributed by atoms with van der Waals surface area (Å²) in [5, 5.41) is 3.06. The third-order valence-corrected chi connectivity index (χ3v) is 2.84. The van der Waals surface area contributed by atoms with Crippen LogP contribution in [0.3, 0.4) is 0 Å². The predicted octanol–water partition coefficient (Wildman–Crippen LogP) is 3.44. The summed E-state index contributed by atoms with van der Waals surface area (Å²) in [5.41, 5.74) is 0. The maximum absolute atomic E-state index is 5.61. The summed E-state index contributed by atoms with van der Waals surface area (Å²) in [6.45, 7) is 8.21. The topological polar surface area (TPSA) is 69.2 Å². The van der Waals surface area contributed by atoms with Crippen LogP contribution in [0.1, 0.15) is 59.3 Å². The molecule has 0 spiro atoms. The van der Waals surface area contributed by atoms with E-state index in [9.17, 15) is 0 Å². The van der Waals surface area contributed by atoms with E-state index in [2.05, 4.69) is 27.2 Å². The van der Waals surface area contributed by atoms with Crippen LogP contribution >= 0.6 is 0 Å². The third kappa shape index (κ3) is 7.68. The van der Waals surface area contributed by atoms with Crippen LogP contribution in [0.25, 0.3) is 0 Å². The van der Waals surface area contributed by atoms with Crippen LogP contribution < -0.4 is 14.8 Å². The lowest BCUT2D eigenvalue weighted by molar-refractivity contribution is 0.257. The van der Waals surface area contributed by atoms with E-state index in [1.165, 1.54) is 25.7 Å². The van der Waals surface area contributed by atoms with Crippen molar-refractivity contribution in [2.24, 2.45) is 0 Å². The number of hydrogen-bond acceptors (Lipinski definition) is 6. The van der Waals surface area contributed by atoms with Crippen molar-refractivity contribution in [2.75, 3.05) is 25.1 Å². The lowest BCUT2D eigenvalue weighted by atomic mass is 10.2. The van der Waals surface area contributed by atoms with Gasteiger partial charge in [-0.05, 0) is 19.8 Å². The number of unbranched alkanes of at least 4 members (excludes halogenated alkanes) is 4. The minimum Gasteiger partial charge on any atom is -0.463 e. The van der Waals surface area contributed by atoms with Crippen molar-refractivity contribution in [3.05, 3.63) is 0 Å². The predicted molar refractivity (Wildman–Crippen MR) is 84.0 cm³/mol.